The molecular formula is C7H5NOS. The first kappa shape index (κ1) is 5.92. The molecule has 2 rings (SSSR count). The van der Waals surface area contributed by atoms with Gasteiger partial charge in [-0.25, -0.2) is 4.99 Å². The molecule has 0 fully saturated rings. The largest absolute Gasteiger partial charge is 0.270 e. The topological polar surface area (TPSA) is 29.4 Å². The zero-order chi connectivity index (χ0) is 6.97. The van der Waals surface area contributed by atoms with E-state index in [-0.39, 0.29) is 5.91 Å². The van der Waals surface area contributed by atoms with Crippen LogP contribution in [0, 0.1) is 0 Å². The normalized spacial score (nSPS) is 22.2. The van der Waals surface area contributed by atoms with E-state index in [0.717, 1.165) is 16.4 Å². The summed E-state index contributed by atoms with van der Waals surface area (Å²) in [7, 11) is 0. The van der Waals surface area contributed by atoms with Gasteiger partial charge in [-0.15, -0.1) is 11.8 Å². The van der Waals surface area contributed by atoms with Gasteiger partial charge in [0.05, 0.1) is 0 Å². The molecule has 0 aromatic carbocycles. The van der Waals surface area contributed by atoms with Crippen molar-refractivity contribution in [2.75, 3.05) is 5.75 Å². The summed E-state index contributed by atoms with van der Waals surface area (Å²) < 4.78 is 0. The zero-order valence-electron chi connectivity index (χ0n) is 5.20. The van der Waals surface area contributed by atoms with Crippen molar-refractivity contribution in [2.24, 2.45) is 4.99 Å². The first-order chi connectivity index (χ1) is 4.86. The van der Waals surface area contributed by atoms with Crippen molar-refractivity contribution < 1.29 is 4.79 Å². The zero-order valence-corrected chi connectivity index (χ0v) is 6.02. The van der Waals surface area contributed by atoms with Crippen LogP contribution in [0.5, 0.6) is 0 Å². The van der Waals surface area contributed by atoms with Crippen molar-refractivity contribution in [3.63, 3.8) is 0 Å². The van der Waals surface area contributed by atoms with Gasteiger partial charge >= 0.3 is 0 Å². The van der Waals surface area contributed by atoms with Gasteiger partial charge in [0.1, 0.15) is 5.04 Å². The molecule has 2 nitrogen and oxygen atoms in total. The second-order valence-electron chi connectivity index (χ2n) is 2.06. The summed E-state index contributed by atoms with van der Waals surface area (Å²) >= 11 is 1.62. The van der Waals surface area contributed by atoms with E-state index in [1.165, 1.54) is 6.08 Å². The predicted molar refractivity (Wildman–Crippen MR) is 42.1 cm³/mol. The summed E-state index contributed by atoms with van der Waals surface area (Å²) in [5.74, 6) is 0.813. The number of aliphatic imine (C=N–C) groups is 1. The molecular weight excluding hydrogens is 146 g/mol. The van der Waals surface area contributed by atoms with Gasteiger partial charge in [-0.3, -0.25) is 4.79 Å². The Morgan fingerprint density at radius 1 is 1.50 bits per heavy atom. The lowest BCUT2D eigenvalue weighted by atomic mass is 10.2. The van der Waals surface area contributed by atoms with Crippen LogP contribution in [0.3, 0.4) is 0 Å². The molecule has 0 bridgehead atoms. The highest BCUT2D eigenvalue weighted by atomic mass is 32.2. The lowest BCUT2D eigenvalue weighted by Crippen LogP contribution is -2.01. The third kappa shape index (κ3) is 0.827. The lowest BCUT2D eigenvalue weighted by molar-refractivity contribution is -0.113. The lowest BCUT2D eigenvalue weighted by Gasteiger charge is -2.00. The van der Waals surface area contributed by atoms with E-state index in [1.54, 1.807) is 11.8 Å². The van der Waals surface area contributed by atoms with E-state index in [2.05, 4.69) is 11.1 Å². The highest BCUT2D eigenvalue weighted by Gasteiger charge is 2.15. The highest BCUT2D eigenvalue weighted by molar-refractivity contribution is 8.15. The van der Waals surface area contributed by atoms with Gasteiger partial charge in [-0.05, 0) is 6.08 Å². The summed E-state index contributed by atoms with van der Waals surface area (Å²) in [5, 5.41) is 0.882. The van der Waals surface area contributed by atoms with Crippen LogP contribution in [0.25, 0.3) is 0 Å². The van der Waals surface area contributed by atoms with Crippen molar-refractivity contribution >= 4 is 22.7 Å². The number of amides is 1. The molecule has 0 radical (unpaired) electrons. The maximum Gasteiger partial charge on any atom is 0.270 e. The molecule has 2 heterocycles. The molecule has 0 aromatic heterocycles. The number of dihydropyridines is 1. The van der Waals surface area contributed by atoms with Gasteiger partial charge in [-0.1, -0.05) is 6.08 Å². The molecule has 50 valence electrons. The maximum atomic E-state index is 10.7. The van der Waals surface area contributed by atoms with Crippen LogP contribution in [-0.2, 0) is 4.79 Å². The Hall–Kier alpha value is -0.830. The number of allylic oxidation sites excluding steroid dienone is 1. The molecule has 0 saturated heterocycles. The molecule has 0 saturated carbocycles. The molecule has 0 atom stereocenters. The first-order valence-electron chi connectivity index (χ1n) is 3.00. The molecule has 10 heavy (non-hydrogen) atoms. The van der Waals surface area contributed by atoms with Crippen LogP contribution in [0.15, 0.2) is 28.8 Å². The van der Waals surface area contributed by atoms with E-state index in [1.807, 2.05) is 6.08 Å². The van der Waals surface area contributed by atoms with Gasteiger partial charge in [0.15, 0.2) is 0 Å². The monoisotopic (exact) mass is 151 g/mol. The SMILES string of the molecule is O=C1C=CC2=CCSC2=N1. The minimum Gasteiger partial charge on any atom is -0.267 e. The Balaban J connectivity index is 2.43. The summed E-state index contributed by atoms with van der Waals surface area (Å²) in [6, 6.07) is 0. The van der Waals surface area contributed by atoms with Crippen molar-refractivity contribution in [3.05, 3.63) is 23.8 Å². The molecule has 0 N–H and O–H groups in total. The van der Waals surface area contributed by atoms with Gasteiger partial charge < -0.3 is 0 Å². The summed E-state index contributed by atoms with van der Waals surface area (Å²) in [5.41, 5.74) is 1.10. The first-order valence-corrected chi connectivity index (χ1v) is 3.99. The summed E-state index contributed by atoms with van der Waals surface area (Å²) in [4.78, 5) is 14.5. The summed E-state index contributed by atoms with van der Waals surface area (Å²) in [6.45, 7) is 0. The maximum absolute atomic E-state index is 10.7. The number of hydrogen-bond donors (Lipinski definition) is 0. The Labute approximate surface area is 62.7 Å². The van der Waals surface area contributed by atoms with Crippen molar-refractivity contribution in [1.29, 1.82) is 0 Å². The van der Waals surface area contributed by atoms with Crippen LogP contribution in [0.4, 0.5) is 0 Å². The van der Waals surface area contributed by atoms with E-state index < -0.39 is 0 Å². The van der Waals surface area contributed by atoms with Gasteiger partial charge in [0, 0.05) is 17.4 Å². The second kappa shape index (κ2) is 2.09. The fraction of sp³-hybridized carbons (Fsp3) is 0.143. The smallest absolute Gasteiger partial charge is 0.267 e. The Morgan fingerprint density at radius 2 is 2.40 bits per heavy atom. The standard InChI is InChI=1S/C7H5NOS/c9-6-2-1-5-3-4-10-7(5)8-6/h1-3H,4H2. The fourth-order valence-corrected chi connectivity index (χ4v) is 1.81. The minimum absolute atomic E-state index is 0.137. The average molecular weight is 151 g/mol. The van der Waals surface area contributed by atoms with Crippen molar-refractivity contribution in [1.82, 2.24) is 0 Å². The van der Waals surface area contributed by atoms with Crippen molar-refractivity contribution in [3.8, 4) is 0 Å². The van der Waals surface area contributed by atoms with Gasteiger partial charge in [-0.2, -0.15) is 0 Å². The molecule has 0 aromatic rings. The van der Waals surface area contributed by atoms with Crippen LogP contribution in [-0.4, -0.2) is 16.7 Å². The Morgan fingerprint density at radius 3 is 3.30 bits per heavy atom. The Kier molecular flexibility index (Phi) is 1.24. The fourth-order valence-electron chi connectivity index (χ4n) is 0.916. The predicted octanol–water partition coefficient (Wildman–Crippen LogP) is 1.15. The number of carbonyl (C=O) groups excluding carboxylic acids is 1. The molecule has 0 spiro atoms. The average Bonchev–Trinajstić information content (AvgIpc) is 2.33. The summed E-state index contributed by atoms with van der Waals surface area (Å²) in [6.07, 6.45) is 5.40. The van der Waals surface area contributed by atoms with Gasteiger partial charge in [0.25, 0.3) is 5.91 Å². The number of carbonyl (C=O) groups is 1. The van der Waals surface area contributed by atoms with Crippen LogP contribution >= 0.6 is 11.8 Å². The third-order valence-electron chi connectivity index (χ3n) is 1.39. The molecule has 0 aliphatic carbocycles. The van der Waals surface area contributed by atoms with Crippen molar-refractivity contribution in [2.45, 2.75) is 0 Å². The Bertz CT molecular complexity index is 275. The number of thioether (sulfide) groups is 1. The van der Waals surface area contributed by atoms with Gasteiger partial charge in [0.2, 0.25) is 0 Å². The number of fused-ring (bicyclic) bond motifs is 1. The quantitative estimate of drug-likeness (QED) is 0.519. The molecule has 3 heteroatoms. The van der Waals surface area contributed by atoms with Crippen LogP contribution < -0.4 is 0 Å². The molecule has 0 unspecified atom stereocenters. The molecule has 1 amide bonds. The third-order valence-corrected chi connectivity index (χ3v) is 2.32. The second-order valence-corrected chi connectivity index (χ2v) is 3.07. The van der Waals surface area contributed by atoms with E-state index >= 15 is 0 Å². The van der Waals surface area contributed by atoms with Crippen LogP contribution in [0.2, 0.25) is 0 Å². The van der Waals surface area contributed by atoms with E-state index in [4.69, 9.17) is 0 Å². The van der Waals surface area contributed by atoms with E-state index in [9.17, 15) is 4.79 Å². The minimum atomic E-state index is -0.137. The van der Waals surface area contributed by atoms with E-state index in [0.29, 0.717) is 0 Å². The number of hydrogen-bond acceptors (Lipinski definition) is 2. The number of rotatable bonds is 0. The molecule has 2 aliphatic rings. The highest BCUT2D eigenvalue weighted by Crippen LogP contribution is 2.24. The van der Waals surface area contributed by atoms with Crippen LogP contribution in [0.1, 0.15) is 0 Å². The molecule has 2 aliphatic heterocycles. The number of nitrogens with zero attached hydrogens (tertiary/aromatic N) is 1.